The molecule has 1 aliphatic heterocycles. The Labute approximate surface area is 174 Å². The predicted octanol–water partition coefficient (Wildman–Crippen LogP) is 3.46. The Hall–Kier alpha value is -3.61. The number of imide groups is 1. The monoisotopic (exact) mass is 404 g/mol. The van der Waals surface area contributed by atoms with Crippen molar-refractivity contribution in [2.75, 3.05) is 11.9 Å². The van der Waals surface area contributed by atoms with Gasteiger partial charge in [-0.15, -0.1) is 0 Å². The number of rotatable bonds is 6. The van der Waals surface area contributed by atoms with Crippen LogP contribution in [-0.4, -0.2) is 33.9 Å². The van der Waals surface area contributed by atoms with E-state index in [1.165, 1.54) is 0 Å². The van der Waals surface area contributed by atoms with Crippen LogP contribution in [0.2, 0.25) is 0 Å². The number of anilines is 1. The maximum Gasteiger partial charge on any atom is 0.325 e. The van der Waals surface area contributed by atoms with Crippen molar-refractivity contribution in [1.29, 1.82) is 0 Å². The van der Waals surface area contributed by atoms with Crippen LogP contribution in [0.1, 0.15) is 25.8 Å². The molecule has 1 unspecified atom stereocenters. The Morgan fingerprint density at radius 1 is 1.10 bits per heavy atom. The number of benzene rings is 2. The van der Waals surface area contributed by atoms with Crippen LogP contribution < -0.4 is 10.6 Å². The van der Waals surface area contributed by atoms with Crippen molar-refractivity contribution in [3.05, 3.63) is 66.4 Å². The molecule has 2 N–H and O–H groups in total. The first-order valence-electron chi connectivity index (χ1n) is 10.0. The number of nitrogens with one attached hydrogen (secondary N) is 2. The molecule has 1 saturated heterocycles. The number of amides is 4. The highest BCUT2D eigenvalue weighted by molar-refractivity contribution is 6.10. The summed E-state index contributed by atoms with van der Waals surface area (Å²) in [7, 11) is 0. The Balaban J connectivity index is 1.47. The molecule has 7 nitrogen and oxygen atoms in total. The quantitative estimate of drug-likeness (QED) is 0.617. The summed E-state index contributed by atoms with van der Waals surface area (Å²) in [5.41, 5.74) is 1.22. The molecule has 4 rings (SSSR count). The van der Waals surface area contributed by atoms with Gasteiger partial charge in [-0.3, -0.25) is 14.5 Å². The smallest absolute Gasteiger partial charge is 0.325 e. The molecule has 4 amide bonds. The first-order valence-corrected chi connectivity index (χ1v) is 10.0. The summed E-state index contributed by atoms with van der Waals surface area (Å²) in [5, 5.41) is 6.52. The number of aromatic nitrogens is 1. The van der Waals surface area contributed by atoms with Crippen LogP contribution >= 0.6 is 0 Å². The van der Waals surface area contributed by atoms with Gasteiger partial charge in [0.1, 0.15) is 12.1 Å². The second kappa shape index (κ2) is 7.67. The lowest BCUT2D eigenvalue weighted by molar-refractivity contribution is -0.133. The fraction of sp³-hybridized carbons (Fsp3) is 0.261. The van der Waals surface area contributed by atoms with Gasteiger partial charge < -0.3 is 15.2 Å². The Kier molecular flexibility index (Phi) is 5.03. The van der Waals surface area contributed by atoms with Crippen molar-refractivity contribution >= 4 is 34.4 Å². The SMILES string of the molecule is CCCn1ccc2cc(NC(=O)CN3C(=O)NC(C)(c4ccccc4)C3=O)ccc21. The van der Waals surface area contributed by atoms with Crippen LogP contribution in [0.25, 0.3) is 10.9 Å². The molecule has 0 bridgehead atoms. The Morgan fingerprint density at radius 3 is 2.60 bits per heavy atom. The van der Waals surface area contributed by atoms with Gasteiger partial charge in [0.25, 0.3) is 5.91 Å². The molecule has 1 aliphatic rings. The highest BCUT2D eigenvalue weighted by atomic mass is 16.2. The molecule has 30 heavy (non-hydrogen) atoms. The van der Waals surface area contributed by atoms with Crippen molar-refractivity contribution in [1.82, 2.24) is 14.8 Å². The van der Waals surface area contributed by atoms with E-state index in [4.69, 9.17) is 0 Å². The lowest BCUT2D eigenvalue weighted by Gasteiger charge is -2.22. The minimum atomic E-state index is -1.18. The van der Waals surface area contributed by atoms with Gasteiger partial charge in [-0.2, -0.15) is 0 Å². The third kappa shape index (κ3) is 3.43. The number of carbonyl (C=O) groups is 3. The standard InChI is InChI=1S/C23H24N4O3/c1-3-12-26-13-11-16-14-18(9-10-19(16)26)24-20(28)15-27-21(29)23(2,25-22(27)30)17-7-5-4-6-8-17/h4-11,13-14H,3,12,15H2,1-2H3,(H,24,28)(H,25,30). The Morgan fingerprint density at radius 2 is 1.87 bits per heavy atom. The van der Waals surface area contributed by atoms with Crippen molar-refractivity contribution in [3.63, 3.8) is 0 Å². The van der Waals surface area contributed by atoms with Crippen molar-refractivity contribution in [3.8, 4) is 0 Å². The van der Waals surface area contributed by atoms with Crippen LogP contribution in [0.3, 0.4) is 0 Å². The third-order valence-electron chi connectivity index (χ3n) is 5.45. The fourth-order valence-corrected chi connectivity index (χ4v) is 3.87. The van der Waals surface area contributed by atoms with E-state index >= 15 is 0 Å². The topological polar surface area (TPSA) is 83.4 Å². The summed E-state index contributed by atoms with van der Waals surface area (Å²) in [4.78, 5) is 38.9. The largest absolute Gasteiger partial charge is 0.347 e. The number of hydrogen-bond acceptors (Lipinski definition) is 3. The second-order valence-electron chi connectivity index (χ2n) is 7.64. The normalized spacial score (nSPS) is 18.7. The average molecular weight is 404 g/mol. The maximum atomic E-state index is 12.9. The second-order valence-corrected chi connectivity index (χ2v) is 7.64. The minimum Gasteiger partial charge on any atom is -0.347 e. The van der Waals surface area contributed by atoms with Gasteiger partial charge in [-0.1, -0.05) is 37.3 Å². The number of aryl methyl sites for hydroxylation is 1. The van der Waals surface area contributed by atoms with Gasteiger partial charge in [0, 0.05) is 29.3 Å². The lowest BCUT2D eigenvalue weighted by atomic mass is 9.92. The van der Waals surface area contributed by atoms with E-state index < -0.39 is 23.4 Å². The molecule has 1 atom stereocenters. The molecule has 0 aliphatic carbocycles. The molecule has 3 aromatic rings. The van der Waals surface area contributed by atoms with E-state index in [0.29, 0.717) is 11.3 Å². The Bertz CT molecular complexity index is 1120. The van der Waals surface area contributed by atoms with Crippen LogP contribution in [0, 0.1) is 0 Å². The zero-order valence-corrected chi connectivity index (χ0v) is 17.0. The van der Waals surface area contributed by atoms with Gasteiger partial charge in [0.2, 0.25) is 5.91 Å². The molecule has 1 aromatic heterocycles. The van der Waals surface area contributed by atoms with E-state index in [0.717, 1.165) is 28.8 Å². The van der Waals surface area contributed by atoms with Gasteiger partial charge in [-0.25, -0.2) is 4.79 Å². The van der Waals surface area contributed by atoms with Gasteiger partial charge >= 0.3 is 6.03 Å². The molecule has 0 radical (unpaired) electrons. The molecule has 154 valence electrons. The third-order valence-corrected chi connectivity index (χ3v) is 5.45. The molecule has 1 fully saturated rings. The average Bonchev–Trinajstić information content (AvgIpc) is 3.23. The van der Waals surface area contributed by atoms with Crippen LogP contribution in [0.5, 0.6) is 0 Å². The van der Waals surface area contributed by atoms with E-state index in [1.54, 1.807) is 31.2 Å². The van der Waals surface area contributed by atoms with E-state index in [1.807, 2.05) is 36.5 Å². The van der Waals surface area contributed by atoms with E-state index in [2.05, 4.69) is 22.1 Å². The van der Waals surface area contributed by atoms with Crippen LogP contribution in [0.15, 0.2) is 60.8 Å². The zero-order chi connectivity index (χ0) is 21.3. The summed E-state index contributed by atoms with van der Waals surface area (Å²) in [6.45, 7) is 4.36. The zero-order valence-electron chi connectivity index (χ0n) is 17.0. The van der Waals surface area contributed by atoms with Crippen LogP contribution in [0.4, 0.5) is 10.5 Å². The predicted molar refractivity (Wildman–Crippen MR) is 115 cm³/mol. The maximum absolute atomic E-state index is 12.9. The summed E-state index contributed by atoms with van der Waals surface area (Å²) in [6, 6.07) is 16.1. The van der Waals surface area contributed by atoms with E-state index in [9.17, 15) is 14.4 Å². The molecular weight excluding hydrogens is 380 g/mol. The van der Waals surface area contributed by atoms with Gasteiger partial charge in [0.15, 0.2) is 0 Å². The highest BCUT2D eigenvalue weighted by Gasteiger charge is 2.49. The first kappa shape index (κ1) is 19.7. The number of hydrogen-bond donors (Lipinski definition) is 2. The molecule has 2 aromatic carbocycles. The number of carbonyl (C=O) groups excluding carboxylic acids is 3. The summed E-state index contributed by atoms with van der Waals surface area (Å²) in [6.07, 6.45) is 3.06. The summed E-state index contributed by atoms with van der Waals surface area (Å²) in [5.74, 6) is -0.871. The number of fused-ring (bicyclic) bond motifs is 1. The molecule has 7 heteroatoms. The van der Waals surface area contributed by atoms with Gasteiger partial charge in [-0.05, 0) is 43.2 Å². The highest BCUT2D eigenvalue weighted by Crippen LogP contribution is 2.28. The number of nitrogens with zero attached hydrogens (tertiary/aromatic N) is 2. The molecule has 0 saturated carbocycles. The number of urea groups is 1. The summed E-state index contributed by atoms with van der Waals surface area (Å²) < 4.78 is 2.17. The molecular formula is C23H24N4O3. The van der Waals surface area contributed by atoms with Crippen LogP contribution in [-0.2, 0) is 21.7 Å². The van der Waals surface area contributed by atoms with Crippen molar-refractivity contribution < 1.29 is 14.4 Å². The first-order chi connectivity index (χ1) is 14.4. The molecule has 2 heterocycles. The lowest BCUT2D eigenvalue weighted by Crippen LogP contribution is -2.42. The fourth-order valence-electron chi connectivity index (χ4n) is 3.87. The van der Waals surface area contributed by atoms with Crippen molar-refractivity contribution in [2.45, 2.75) is 32.4 Å². The minimum absolute atomic E-state index is 0.345. The van der Waals surface area contributed by atoms with Gasteiger partial charge in [0.05, 0.1) is 0 Å². The van der Waals surface area contributed by atoms with Crippen molar-refractivity contribution in [2.24, 2.45) is 0 Å². The van der Waals surface area contributed by atoms with E-state index in [-0.39, 0.29) is 6.54 Å². The summed E-state index contributed by atoms with van der Waals surface area (Å²) >= 11 is 0. The molecule has 0 spiro atoms.